The minimum atomic E-state index is -0.164. The molecule has 0 atom stereocenters. The zero-order valence-electron chi connectivity index (χ0n) is 18.8. The predicted octanol–water partition coefficient (Wildman–Crippen LogP) is 3.28. The molecule has 1 fully saturated rings. The molecule has 5 rings (SSSR count). The molecule has 1 saturated heterocycles. The van der Waals surface area contributed by atoms with E-state index in [4.69, 9.17) is 9.15 Å². The number of aryl methyl sites for hydroxylation is 2. The molecule has 1 amide bonds. The van der Waals surface area contributed by atoms with Crippen LogP contribution in [0.4, 0.5) is 0 Å². The third-order valence-corrected chi connectivity index (χ3v) is 6.07. The Morgan fingerprint density at radius 1 is 1.09 bits per heavy atom. The first-order valence-electron chi connectivity index (χ1n) is 10.9. The number of piperidine rings is 1. The zero-order valence-corrected chi connectivity index (χ0v) is 18.8. The topological polar surface area (TPSA) is 95.4 Å². The summed E-state index contributed by atoms with van der Waals surface area (Å²) in [6.07, 6.45) is 1.26. The molecule has 33 heavy (non-hydrogen) atoms. The molecule has 1 aromatic carbocycles. The number of carbonyl (C=O) groups is 1. The van der Waals surface area contributed by atoms with Gasteiger partial charge in [0.25, 0.3) is 11.5 Å². The number of para-hydroxylation sites is 1. The van der Waals surface area contributed by atoms with Crippen molar-refractivity contribution in [2.45, 2.75) is 32.7 Å². The molecule has 3 aromatic heterocycles. The molecule has 170 valence electrons. The van der Waals surface area contributed by atoms with Crippen molar-refractivity contribution in [3.05, 3.63) is 70.0 Å². The number of likely N-dealkylation sites (tertiary alicyclic amines) is 1. The van der Waals surface area contributed by atoms with Crippen LogP contribution in [0.1, 0.15) is 40.8 Å². The molecular weight excluding hydrogens is 422 g/mol. The van der Waals surface area contributed by atoms with E-state index in [1.807, 2.05) is 32.0 Å². The smallest absolute Gasteiger partial charge is 0.289 e. The van der Waals surface area contributed by atoms with E-state index in [1.54, 1.807) is 34.9 Å². The van der Waals surface area contributed by atoms with Gasteiger partial charge in [0.1, 0.15) is 0 Å². The lowest BCUT2D eigenvalue weighted by molar-refractivity contribution is 0.0658. The van der Waals surface area contributed by atoms with Crippen LogP contribution < -0.4 is 10.3 Å². The van der Waals surface area contributed by atoms with E-state index in [0.29, 0.717) is 43.1 Å². The highest BCUT2D eigenvalue weighted by atomic mass is 16.5. The lowest BCUT2D eigenvalue weighted by atomic mass is 10.0. The largest absolute Gasteiger partial charge is 0.493 e. The Morgan fingerprint density at radius 2 is 1.88 bits per heavy atom. The van der Waals surface area contributed by atoms with Gasteiger partial charge in [0.15, 0.2) is 22.9 Å². The van der Waals surface area contributed by atoms with Crippen molar-refractivity contribution in [1.82, 2.24) is 24.5 Å². The first-order chi connectivity index (χ1) is 15.9. The molecule has 4 aromatic rings. The predicted molar refractivity (Wildman–Crippen MR) is 122 cm³/mol. The van der Waals surface area contributed by atoms with Crippen LogP contribution in [0.15, 0.2) is 51.7 Å². The summed E-state index contributed by atoms with van der Waals surface area (Å²) in [5.41, 5.74) is 2.25. The first kappa shape index (κ1) is 21.0. The van der Waals surface area contributed by atoms with Gasteiger partial charge in [-0.2, -0.15) is 5.10 Å². The van der Waals surface area contributed by atoms with Crippen LogP contribution in [0.25, 0.3) is 16.8 Å². The number of ether oxygens (including phenoxy) is 1. The summed E-state index contributed by atoms with van der Waals surface area (Å²) in [7, 11) is 1.57. The average Bonchev–Trinajstić information content (AvgIpc) is 3.41. The summed E-state index contributed by atoms with van der Waals surface area (Å²) in [4.78, 5) is 27.4. The summed E-state index contributed by atoms with van der Waals surface area (Å²) in [5, 5.41) is 9.87. The summed E-state index contributed by atoms with van der Waals surface area (Å²) >= 11 is 0. The molecule has 4 heterocycles. The van der Waals surface area contributed by atoms with Crippen molar-refractivity contribution >= 4 is 16.9 Å². The molecule has 0 bridgehead atoms. The Morgan fingerprint density at radius 3 is 2.58 bits per heavy atom. The van der Waals surface area contributed by atoms with Crippen LogP contribution in [0, 0.1) is 13.8 Å². The van der Waals surface area contributed by atoms with E-state index in [-0.39, 0.29) is 23.3 Å². The molecule has 0 radical (unpaired) electrons. The number of nitrogens with zero attached hydrogens (tertiary/aromatic N) is 5. The van der Waals surface area contributed by atoms with Gasteiger partial charge >= 0.3 is 0 Å². The van der Waals surface area contributed by atoms with Crippen molar-refractivity contribution in [1.29, 1.82) is 0 Å². The maximum absolute atomic E-state index is 13.1. The maximum Gasteiger partial charge on any atom is 0.289 e. The number of aromatic nitrogens is 4. The second-order valence-corrected chi connectivity index (χ2v) is 8.33. The minimum Gasteiger partial charge on any atom is -0.493 e. The van der Waals surface area contributed by atoms with Crippen LogP contribution >= 0.6 is 0 Å². The van der Waals surface area contributed by atoms with Gasteiger partial charge in [-0.15, -0.1) is 5.10 Å². The van der Waals surface area contributed by atoms with Crippen LogP contribution in [0.5, 0.6) is 5.75 Å². The van der Waals surface area contributed by atoms with Gasteiger partial charge in [0.2, 0.25) is 0 Å². The van der Waals surface area contributed by atoms with E-state index in [2.05, 4.69) is 10.2 Å². The van der Waals surface area contributed by atoms with E-state index >= 15 is 0 Å². The quantitative estimate of drug-likeness (QED) is 0.476. The van der Waals surface area contributed by atoms with Crippen molar-refractivity contribution in [3.63, 3.8) is 0 Å². The Hall–Kier alpha value is -3.88. The third kappa shape index (κ3) is 3.79. The highest BCUT2D eigenvalue weighted by molar-refractivity contribution is 5.97. The molecule has 0 N–H and O–H groups in total. The van der Waals surface area contributed by atoms with Gasteiger partial charge in [-0.25, -0.2) is 9.36 Å². The molecular formula is C24H25N5O4. The highest BCUT2D eigenvalue weighted by Crippen LogP contribution is 2.30. The molecule has 1 aliphatic heterocycles. The van der Waals surface area contributed by atoms with Crippen molar-refractivity contribution < 1.29 is 13.9 Å². The van der Waals surface area contributed by atoms with Crippen molar-refractivity contribution in [3.8, 4) is 11.6 Å². The SMILES string of the molecule is COc1cccc2cc(C(=O)N3CCC(n4nc(-n5nc(C)cc5C)ccc4=O)CC3)oc12. The minimum absolute atomic E-state index is 0.0887. The third-order valence-electron chi connectivity index (χ3n) is 6.07. The molecule has 9 nitrogen and oxygen atoms in total. The second kappa shape index (κ2) is 8.23. The first-order valence-corrected chi connectivity index (χ1v) is 10.9. The Balaban J connectivity index is 1.33. The van der Waals surface area contributed by atoms with Crippen molar-refractivity contribution in [2.24, 2.45) is 0 Å². The van der Waals surface area contributed by atoms with Crippen molar-refractivity contribution in [2.75, 3.05) is 20.2 Å². The summed E-state index contributed by atoms with van der Waals surface area (Å²) < 4.78 is 14.4. The second-order valence-electron chi connectivity index (χ2n) is 8.33. The number of hydrogen-bond donors (Lipinski definition) is 0. The number of methoxy groups -OCH3 is 1. The maximum atomic E-state index is 13.1. The normalized spacial score (nSPS) is 14.7. The molecule has 0 spiro atoms. The number of furan rings is 1. The van der Waals surface area contributed by atoms with Gasteiger partial charge in [0, 0.05) is 30.2 Å². The number of hydrogen-bond acceptors (Lipinski definition) is 6. The van der Waals surface area contributed by atoms with Gasteiger partial charge in [-0.1, -0.05) is 12.1 Å². The fourth-order valence-electron chi connectivity index (χ4n) is 4.42. The highest BCUT2D eigenvalue weighted by Gasteiger charge is 2.28. The van der Waals surface area contributed by atoms with Crippen LogP contribution in [0.2, 0.25) is 0 Å². The molecule has 0 unspecified atom stereocenters. The zero-order chi connectivity index (χ0) is 23.1. The number of amides is 1. The number of fused-ring (bicyclic) bond motifs is 1. The van der Waals surface area contributed by atoms with Gasteiger partial charge < -0.3 is 14.1 Å². The van der Waals surface area contributed by atoms with Crippen LogP contribution in [-0.4, -0.2) is 50.6 Å². The lowest BCUT2D eigenvalue weighted by Crippen LogP contribution is -2.41. The van der Waals surface area contributed by atoms with E-state index < -0.39 is 0 Å². The summed E-state index contributed by atoms with van der Waals surface area (Å²) in [6, 6.07) is 12.4. The Bertz CT molecular complexity index is 1390. The number of rotatable bonds is 4. The summed E-state index contributed by atoms with van der Waals surface area (Å²) in [6.45, 7) is 4.89. The Kier molecular flexibility index (Phi) is 5.24. The van der Waals surface area contributed by atoms with Crippen LogP contribution in [-0.2, 0) is 0 Å². The average molecular weight is 447 g/mol. The van der Waals surface area contributed by atoms with Gasteiger partial charge in [0.05, 0.1) is 18.8 Å². The number of carbonyl (C=O) groups excluding carboxylic acids is 1. The van der Waals surface area contributed by atoms with Gasteiger partial charge in [-0.3, -0.25) is 9.59 Å². The summed E-state index contributed by atoms with van der Waals surface area (Å²) in [5.74, 6) is 1.33. The van der Waals surface area contributed by atoms with E-state index in [9.17, 15) is 9.59 Å². The van der Waals surface area contributed by atoms with Gasteiger partial charge in [-0.05, 0) is 51.0 Å². The lowest BCUT2D eigenvalue weighted by Gasteiger charge is -2.31. The molecule has 0 saturated carbocycles. The standard InChI is InChI=1S/C24H25N5O4/c1-15-13-16(2)28(25-15)21-7-8-22(30)29(26-21)18-9-11-27(12-10-18)24(31)20-14-17-5-4-6-19(32-3)23(17)33-20/h4-8,13-14,18H,9-12H2,1-3H3. The molecule has 9 heteroatoms. The molecule has 1 aliphatic rings. The Labute approximate surface area is 190 Å². The molecule has 0 aliphatic carbocycles. The fourth-order valence-corrected chi connectivity index (χ4v) is 4.42. The van der Waals surface area contributed by atoms with E-state index in [1.165, 1.54) is 10.7 Å². The number of benzene rings is 1. The van der Waals surface area contributed by atoms with E-state index in [0.717, 1.165) is 16.8 Å². The fraction of sp³-hybridized carbons (Fsp3) is 0.333. The van der Waals surface area contributed by atoms with Crippen LogP contribution in [0.3, 0.4) is 0 Å². The monoisotopic (exact) mass is 447 g/mol.